The van der Waals surface area contributed by atoms with Crippen molar-refractivity contribution in [2.75, 3.05) is 0 Å². The number of ether oxygens (including phenoxy) is 1. The normalized spacial score (nSPS) is 9.46. The molecule has 1 N–H and O–H groups in total. The van der Waals surface area contributed by atoms with Gasteiger partial charge in [-0.3, -0.25) is 0 Å². The number of hydrogen-bond donors (Lipinski definition) is 1. The molecule has 70 valence electrons. The summed E-state index contributed by atoms with van der Waals surface area (Å²) in [5.41, 5.74) is 1.15. The van der Waals surface area contributed by atoms with E-state index in [0.29, 0.717) is 0 Å². The van der Waals surface area contributed by atoms with Crippen LogP contribution in [0.5, 0.6) is 11.5 Å². The van der Waals surface area contributed by atoms with Crippen molar-refractivity contribution >= 4 is 0 Å². The van der Waals surface area contributed by atoms with Gasteiger partial charge in [0.15, 0.2) is 0 Å². The minimum atomic E-state index is 0.252. The molecule has 0 aliphatic carbocycles. The highest BCUT2D eigenvalue weighted by Crippen LogP contribution is 2.18. The van der Waals surface area contributed by atoms with E-state index in [1.165, 1.54) is 0 Å². The van der Waals surface area contributed by atoms with E-state index >= 15 is 0 Å². The van der Waals surface area contributed by atoms with Crippen molar-refractivity contribution in [3.05, 3.63) is 35.6 Å². The second-order valence-electron chi connectivity index (χ2n) is 3.15. The molecule has 0 aromatic heterocycles. The van der Waals surface area contributed by atoms with Gasteiger partial charge in [0.2, 0.25) is 0 Å². The average Bonchev–Trinajstić information content (AvgIpc) is 2.08. The third-order valence-electron chi connectivity index (χ3n) is 1.81. The van der Waals surface area contributed by atoms with Crippen molar-refractivity contribution in [3.8, 4) is 11.5 Å². The van der Waals surface area contributed by atoms with Crippen LogP contribution in [0.1, 0.15) is 20.8 Å². The molecule has 1 rings (SSSR count). The highest BCUT2D eigenvalue weighted by molar-refractivity contribution is 5.31. The first-order valence-corrected chi connectivity index (χ1v) is 4.20. The molecule has 1 aromatic carbocycles. The van der Waals surface area contributed by atoms with Gasteiger partial charge in [0.1, 0.15) is 11.5 Å². The molecule has 0 aliphatic heterocycles. The molecule has 0 amide bonds. The predicted octanol–water partition coefficient (Wildman–Crippen LogP) is 3.08. The molecular formula is C11H14O2. The van der Waals surface area contributed by atoms with E-state index in [0.717, 1.165) is 17.1 Å². The van der Waals surface area contributed by atoms with E-state index in [1.54, 1.807) is 24.3 Å². The van der Waals surface area contributed by atoms with E-state index < -0.39 is 0 Å². The third-order valence-corrected chi connectivity index (χ3v) is 1.81. The Balaban J connectivity index is 2.76. The second kappa shape index (κ2) is 3.99. The molecule has 0 spiro atoms. The van der Waals surface area contributed by atoms with Gasteiger partial charge >= 0.3 is 0 Å². The van der Waals surface area contributed by atoms with Crippen molar-refractivity contribution in [2.24, 2.45) is 0 Å². The van der Waals surface area contributed by atoms with Crippen molar-refractivity contribution in [1.82, 2.24) is 0 Å². The van der Waals surface area contributed by atoms with Gasteiger partial charge in [-0.15, -0.1) is 0 Å². The maximum absolute atomic E-state index is 9.03. The van der Waals surface area contributed by atoms with Gasteiger partial charge in [0, 0.05) is 0 Å². The van der Waals surface area contributed by atoms with Gasteiger partial charge in [0.25, 0.3) is 0 Å². The van der Waals surface area contributed by atoms with Crippen molar-refractivity contribution < 1.29 is 9.84 Å². The summed E-state index contributed by atoms with van der Waals surface area (Å²) in [6.07, 6.45) is 0. The fraction of sp³-hybridized carbons (Fsp3) is 0.273. The number of benzene rings is 1. The Morgan fingerprint density at radius 1 is 1.08 bits per heavy atom. The third kappa shape index (κ3) is 2.82. The van der Waals surface area contributed by atoms with E-state index in [9.17, 15) is 0 Å². The van der Waals surface area contributed by atoms with E-state index in [-0.39, 0.29) is 5.75 Å². The van der Waals surface area contributed by atoms with E-state index in [4.69, 9.17) is 9.84 Å². The minimum absolute atomic E-state index is 0.252. The fourth-order valence-corrected chi connectivity index (χ4v) is 0.793. The van der Waals surface area contributed by atoms with Crippen molar-refractivity contribution in [3.63, 3.8) is 0 Å². The summed E-state index contributed by atoms with van der Waals surface area (Å²) in [6, 6.07) is 6.69. The van der Waals surface area contributed by atoms with Gasteiger partial charge in [0.05, 0.1) is 5.76 Å². The molecule has 0 atom stereocenters. The zero-order valence-electron chi connectivity index (χ0n) is 8.16. The van der Waals surface area contributed by atoms with Crippen LogP contribution in [0.4, 0.5) is 0 Å². The van der Waals surface area contributed by atoms with E-state index in [2.05, 4.69) is 0 Å². The van der Waals surface area contributed by atoms with Gasteiger partial charge < -0.3 is 9.84 Å². The van der Waals surface area contributed by atoms with Crippen LogP contribution in [0.15, 0.2) is 35.6 Å². The molecule has 0 unspecified atom stereocenters. The standard InChI is InChI=1S/C11H14O2/c1-8(2)9(3)13-11-6-4-10(12)5-7-11/h4-7,12H,1-3H3. The summed E-state index contributed by atoms with van der Waals surface area (Å²) in [6.45, 7) is 5.91. The largest absolute Gasteiger partial charge is 0.508 e. The second-order valence-corrected chi connectivity index (χ2v) is 3.15. The van der Waals surface area contributed by atoms with Crippen LogP contribution in [-0.2, 0) is 0 Å². The van der Waals surface area contributed by atoms with Gasteiger partial charge in [-0.25, -0.2) is 0 Å². The first kappa shape index (κ1) is 9.65. The van der Waals surface area contributed by atoms with Crippen molar-refractivity contribution in [1.29, 1.82) is 0 Å². The van der Waals surface area contributed by atoms with Crippen LogP contribution in [0, 0.1) is 0 Å². The lowest BCUT2D eigenvalue weighted by atomic mass is 10.3. The molecule has 0 aliphatic rings. The van der Waals surface area contributed by atoms with Gasteiger partial charge in [-0.1, -0.05) is 0 Å². The summed E-state index contributed by atoms with van der Waals surface area (Å²) < 4.78 is 5.50. The Kier molecular flexibility index (Phi) is 2.96. The zero-order chi connectivity index (χ0) is 9.84. The molecule has 0 fully saturated rings. The molecule has 0 radical (unpaired) electrons. The van der Waals surface area contributed by atoms with Crippen molar-refractivity contribution in [2.45, 2.75) is 20.8 Å². The molecule has 0 bridgehead atoms. The molecular weight excluding hydrogens is 164 g/mol. The maximum Gasteiger partial charge on any atom is 0.127 e. The number of allylic oxidation sites excluding steroid dienone is 2. The first-order valence-electron chi connectivity index (χ1n) is 4.20. The Hall–Kier alpha value is -1.44. The Bertz CT molecular complexity index is 305. The fourth-order valence-electron chi connectivity index (χ4n) is 0.793. The summed E-state index contributed by atoms with van der Waals surface area (Å²) in [4.78, 5) is 0. The summed E-state index contributed by atoms with van der Waals surface area (Å²) in [7, 11) is 0. The van der Waals surface area contributed by atoms with Crippen LogP contribution in [0.3, 0.4) is 0 Å². The van der Waals surface area contributed by atoms with Gasteiger partial charge in [-0.05, 0) is 50.6 Å². The molecule has 0 saturated carbocycles. The smallest absolute Gasteiger partial charge is 0.127 e. The first-order chi connectivity index (χ1) is 6.09. The number of phenolic OH excluding ortho intramolecular Hbond substituents is 1. The van der Waals surface area contributed by atoms with Crippen LogP contribution in [-0.4, -0.2) is 5.11 Å². The lowest BCUT2D eigenvalue weighted by molar-refractivity contribution is 0.418. The average molecular weight is 178 g/mol. The molecule has 0 heterocycles. The molecule has 2 nitrogen and oxygen atoms in total. The highest BCUT2D eigenvalue weighted by Gasteiger charge is 1.96. The van der Waals surface area contributed by atoms with Crippen LogP contribution in [0.2, 0.25) is 0 Å². The van der Waals surface area contributed by atoms with Crippen LogP contribution < -0.4 is 4.74 Å². The maximum atomic E-state index is 9.03. The molecule has 1 aromatic rings. The van der Waals surface area contributed by atoms with Crippen LogP contribution >= 0.6 is 0 Å². The lowest BCUT2D eigenvalue weighted by Crippen LogP contribution is -1.92. The Morgan fingerprint density at radius 3 is 2.08 bits per heavy atom. The lowest BCUT2D eigenvalue weighted by Gasteiger charge is -2.07. The SMILES string of the molecule is CC(C)=C(C)Oc1ccc(O)cc1. The summed E-state index contributed by atoms with van der Waals surface area (Å²) in [5.74, 6) is 1.89. The van der Waals surface area contributed by atoms with Crippen LogP contribution in [0.25, 0.3) is 0 Å². The monoisotopic (exact) mass is 178 g/mol. The predicted molar refractivity (Wildman–Crippen MR) is 52.8 cm³/mol. The molecule has 2 heteroatoms. The number of hydrogen-bond acceptors (Lipinski definition) is 2. The highest BCUT2D eigenvalue weighted by atomic mass is 16.5. The minimum Gasteiger partial charge on any atom is -0.508 e. The number of phenols is 1. The zero-order valence-corrected chi connectivity index (χ0v) is 8.16. The van der Waals surface area contributed by atoms with E-state index in [1.807, 2.05) is 20.8 Å². The summed E-state index contributed by atoms with van der Waals surface area (Å²) in [5, 5.41) is 9.03. The summed E-state index contributed by atoms with van der Waals surface area (Å²) >= 11 is 0. The number of aromatic hydroxyl groups is 1. The Morgan fingerprint density at radius 2 is 1.62 bits per heavy atom. The molecule has 0 saturated heterocycles. The topological polar surface area (TPSA) is 29.5 Å². The number of rotatable bonds is 2. The Labute approximate surface area is 78.5 Å². The van der Waals surface area contributed by atoms with Gasteiger partial charge in [-0.2, -0.15) is 0 Å². The molecule has 13 heavy (non-hydrogen) atoms. The quantitative estimate of drug-likeness (QED) is 0.705.